The Morgan fingerprint density at radius 2 is 0.914 bits per heavy atom. The molecule has 0 radical (unpaired) electrons. The molecular formula is C24H27N4O6P. The summed E-state index contributed by atoms with van der Waals surface area (Å²) in [6.45, 7) is 0. The SMILES string of the molecule is CN(C)N(C=O)c1ccc(OP(=O)(Oc2ccccc2)Oc2ccc(N(C=O)N(C)C)cc2)cc1. The van der Waals surface area contributed by atoms with E-state index in [9.17, 15) is 14.2 Å². The molecule has 0 aliphatic rings. The van der Waals surface area contributed by atoms with Gasteiger partial charge in [-0.05, 0) is 60.7 Å². The van der Waals surface area contributed by atoms with Gasteiger partial charge in [0.15, 0.2) is 0 Å². The van der Waals surface area contributed by atoms with Crippen molar-refractivity contribution in [1.82, 2.24) is 10.0 Å². The quantitative estimate of drug-likeness (QED) is 0.208. The van der Waals surface area contributed by atoms with Crippen molar-refractivity contribution >= 4 is 32.0 Å². The molecule has 0 bridgehead atoms. The second-order valence-corrected chi connectivity index (χ2v) is 9.06. The highest BCUT2D eigenvalue weighted by Crippen LogP contribution is 2.50. The van der Waals surface area contributed by atoms with Crippen molar-refractivity contribution in [3.05, 3.63) is 78.9 Å². The van der Waals surface area contributed by atoms with Gasteiger partial charge in [-0.1, -0.05) is 18.2 Å². The molecule has 3 aromatic rings. The van der Waals surface area contributed by atoms with Crippen LogP contribution in [0.1, 0.15) is 0 Å². The number of nitrogens with zero attached hydrogens (tertiary/aromatic N) is 4. The number of para-hydroxylation sites is 1. The van der Waals surface area contributed by atoms with Crippen LogP contribution in [0.15, 0.2) is 78.9 Å². The molecule has 0 aliphatic carbocycles. The average molecular weight is 498 g/mol. The summed E-state index contributed by atoms with van der Waals surface area (Å²) in [6.07, 6.45) is 1.35. The summed E-state index contributed by atoms with van der Waals surface area (Å²) in [5.74, 6) is 0.728. The minimum absolute atomic E-state index is 0.217. The predicted molar refractivity (Wildman–Crippen MR) is 133 cm³/mol. The standard InChI is InChI=1S/C24H27N4O6P/c1-25(2)27(18-29)20-10-14-23(15-11-20)33-35(31,32-22-8-6-5-7-9-22)34-24-16-12-21(13-17-24)28(19-30)26(3)4/h5-19H,1-4H3. The maximum absolute atomic E-state index is 13.7. The first-order chi connectivity index (χ1) is 16.7. The van der Waals surface area contributed by atoms with Crippen LogP contribution in [-0.4, -0.2) is 51.0 Å². The van der Waals surface area contributed by atoms with Crippen molar-refractivity contribution in [2.75, 3.05) is 38.2 Å². The Labute approximate surface area is 204 Å². The van der Waals surface area contributed by atoms with Crippen LogP contribution in [0.5, 0.6) is 17.2 Å². The third kappa shape index (κ3) is 6.83. The Hall–Kier alpha value is -3.85. The molecule has 3 aromatic carbocycles. The molecule has 0 saturated carbocycles. The number of carbonyl (C=O) groups is 2. The van der Waals surface area contributed by atoms with E-state index in [4.69, 9.17) is 13.6 Å². The van der Waals surface area contributed by atoms with Crippen LogP contribution in [0.2, 0.25) is 0 Å². The van der Waals surface area contributed by atoms with Gasteiger partial charge in [-0.3, -0.25) is 9.59 Å². The van der Waals surface area contributed by atoms with Gasteiger partial charge in [-0.2, -0.15) is 4.57 Å². The van der Waals surface area contributed by atoms with Crippen molar-refractivity contribution in [2.24, 2.45) is 0 Å². The summed E-state index contributed by atoms with van der Waals surface area (Å²) in [4.78, 5) is 22.7. The first kappa shape index (κ1) is 25.8. The van der Waals surface area contributed by atoms with Crippen molar-refractivity contribution in [1.29, 1.82) is 0 Å². The van der Waals surface area contributed by atoms with E-state index in [0.29, 0.717) is 29.9 Å². The normalized spacial score (nSPS) is 11.1. The van der Waals surface area contributed by atoms with E-state index in [2.05, 4.69) is 0 Å². The molecule has 0 fully saturated rings. The van der Waals surface area contributed by atoms with E-state index >= 15 is 0 Å². The van der Waals surface area contributed by atoms with Gasteiger partial charge in [0.05, 0.1) is 11.4 Å². The molecule has 2 amide bonds. The number of anilines is 2. The van der Waals surface area contributed by atoms with Gasteiger partial charge in [0, 0.05) is 28.2 Å². The minimum atomic E-state index is -4.20. The predicted octanol–water partition coefficient (Wildman–Crippen LogP) is 4.21. The summed E-state index contributed by atoms with van der Waals surface area (Å²) < 4.78 is 30.7. The zero-order valence-electron chi connectivity index (χ0n) is 19.8. The molecule has 0 saturated heterocycles. The van der Waals surface area contributed by atoms with Gasteiger partial charge >= 0.3 is 7.82 Å². The van der Waals surface area contributed by atoms with E-state index < -0.39 is 7.82 Å². The third-order valence-electron chi connectivity index (χ3n) is 4.66. The number of carbonyl (C=O) groups excluding carboxylic acids is 2. The Morgan fingerprint density at radius 3 is 1.23 bits per heavy atom. The fourth-order valence-corrected chi connectivity index (χ4v) is 4.27. The Bertz CT molecular complexity index is 1090. The van der Waals surface area contributed by atoms with E-state index in [0.717, 1.165) is 0 Å². The molecule has 3 rings (SSSR count). The van der Waals surface area contributed by atoms with Crippen LogP contribution in [0, 0.1) is 0 Å². The van der Waals surface area contributed by atoms with Crippen molar-refractivity contribution in [2.45, 2.75) is 0 Å². The summed E-state index contributed by atoms with van der Waals surface area (Å²) in [5.41, 5.74) is 1.18. The number of phosphoric ester groups is 1. The molecule has 184 valence electrons. The van der Waals surface area contributed by atoms with E-state index in [1.165, 1.54) is 10.0 Å². The van der Waals surface area contributed by atoms with Crippen LogP contribution in [0.4, 0.5) is 11.4 Å². The minimum Gasteiger partial charge on any atom is -0.386 e. The van der Waals surface area contributed by atoms with Crippen LogP contribution < -0.4 is 23.6 Å². The lowest BCUT2D eigenvalue weighted by Crippen LogP contribution is -2.35. The molecule has 0 atom stereocenters. The molecule has 0 N–H and O–H groups in total. The Morgan fingerprint density at radius 1 is 0.571 bits per heavy atom. The van der Waals surface area contributed by atoms with Gasteiger partial charge in [-0.15, -0.1) is 0 Å². The second-order valence-electron chi connectivity index (χ2n) is 7.62. The number of rotatable bonds is 12. The second kappa shape index (κ2) is 11.5. The van der Waals surface area contributed by atoms with Gasteiger partial charge in [0.2, 0.25) is 12.8 Å². The van der Waals surface area contributed by atoms with Crippen LogP contribution in [-0.2, 0) is 14.2 Å². The molecule has 0 unspecified atom stereocenters. The number of phosphoric acid groups is 1. The summed E-state index contributed by atoms with van der Waals surface area (Å²) in [5, 5.41) is 6.00. The number of amides is 2. The van der Waals surface area contributed by atoms with E-state index in [1.54, 1.807) is 117 Å². The molecular weight excluding hydrogens is 471 g/mol. The molecule has 0 heterocycles. The zero-order chi connectivity index (χ0) is 25.4. The van der Waals surface area contributed by atoms with Crippen molar-refractivity contribution < 1.29 is 27.7 Å². The highest BCUT2D eigenvalue weighted by Gasteiger charge is 2.33. The molecule has 35 heavy (non-hydrogen) atoms. The fourth-order valence-electron chi connectivity index (χ4n) is 3.02. The summed E-state index contributed by atoms with van der Waals surface area (Å²) >= 11 is 0. The Kier molecular flexibility index (Phi) is 8.48. The number of hydrogen-bond donors (Lipinski definition) is 0. The molecule has 0 aromatic heterocycles. The zero-order valence-corrected chi connectivity index (χ0v) is 20.7. The van der Waals surface area contributed by atoms with Crippen molar-refractivity contribution in [3.63, 3.8) is 0 Å². The van der Waals surface area contributed by atoms with E-state index in [-0.39, 0.29) is 11.5 Å². The highest BCUT2D eigenvalue weighted by atomic mass is 31.2. The lowest BCUT2D eigenvalue weighted by atomic mass is 10.3. The van der Waals surface area contributed by atoms with Crippen LogP contribution in [0.25, 0.3) is 0 Å². The number of hydrogen-bond acceptors (Lipinski definition) is 8. The molecule has 0 spiro atoms. The van der Waals surface area contributed by atoms with Crippen LogP contribution >= 0.6 is 7.82 Å². The van der Waals surface area contributed by atoms with E-state index in [1.807, 2.05) is 0 Å². The monoisotopic (exact) mass is 498 g/mol. The fraction of sp³-hybridized carbons (Fsp3) is 0.167. The topological polar surface area (TPSA) is 91.9 Å². The molecule has 0 aliphatic heterocycles. The maximum atomic E-state index is 13.7. The summed E-state index contributed by atoms with van der Waals surface area (Å²) in [7, 11) is 2.71. The van der Waals surface area contributed by atoms with Gasteiger partial charge in [0.25, 0.3) is 0 Å². The molecule has 11 heteroatoms. The summed E-state index contributed by atoms with van der Waals surface area (Å²) in [6, 6.07) is 21.3. The Balaban J connectivity index is 1.86. The van der Waals surface area contributed by atoms with Gasteiger partial charge < -0.3 is 13.6 Å². The van der Waals surface area contributed by atoms with Crippen molar-refractivity contribution in [3.8, 4) is 17.2 Å². The third-order valence-corrected chi connectivity index (χ3v) is 5.96. The highest BCUT2D eigenvalue weighted by molar-refractivity contribution is 7.49. The first-order valence-electron chi connectivity index (χ1n) is 10.5. The number of benzene rings is 3. The molecule has 10 nitrogen and oxygen atoms in total. The first-order valence-corrected chi connectivity index (χ1v) is 12.0. The maximum Gasteiger partial charge on any atom is 0.647 e. The average Bonchev–Trinajstić information content (AvgIpc) is 2.82. The smallest absolute Gasteiger partial charge is 0.386 e. The van der Waals surface area contributed by atoms with Gasteiger partial charge in [0.1, 0.15) is 17.2 Å². The number of hydrazine groups is 2. The van der Waals surface area contributed by atoms with Gasteiger partial charge in [-0.25, -0.2) is 20.0 Å². The lowest BCUT2D eigenvalue weighted by molar-refractivity contribution is -0.110. The van der Waals surface area contributed by atoms with Crippen LogP contribution in [0.3, 0.4) is 0 Å². The largest absolute Gasteiger partial charge is 0.647 e. The lowest BCUT2D eigenvalue weighted by Gasteiger charge is -2.25.